The zero-order valence-corrected chi connectivity index (χ0v) is 9.64. The third-order valence-corrected chi connectivity index (χ3v) is 3.48. The topological polar surface area (TPSA) is 33.2 Å². The van der Waals surface area contributed by atoms with Crippen LogP contribution >= 0.6 is 24.0 Å². The number of thioether (sulfide) groups is 1. The lowest BCUT2D eigenvalue weighted by Crippen LogP contribution is -2.22. The predicted molar refractivity (Wildman–Crippen MR) is 65.2 cm³/mol. The molecule has 0 saturated carbocycles. The molecule has 1 aromatic heterocycles. The van der Waals surface area contributed by atoms with Gasteiger partial charge in [-0.2, -0.15) is 0 Å². The van der Waals surface area contributed by atoms with Gasteiger partial charge in [0.2, 0.25) is 0 Å². The molecule has 0 unspecified atom stereocenters. The van der Waals surface area contributed by atoms with E-state index in [1.165, 1.54) is 16.7 Å². The summed E-state index contributed by atoms with van der Waals surface area (Å²) in [5.74, 6) is -0.0400. The molecule has 1 amide bonds. The minimum Gasteiger partial charge on any atom is -0.296 e. The van der Waals surface area contributed by atoms with E-state index in [4.69, 9.17) is 12.2 Å². The van der Waals surface area contributed by atoms with E-state index in [2.05, 4.69) is 4.98 Å². The fourth-order valence-electron chi connectivity index (χ4n) is 1.16. The van der Waals surface area contributed by atoms with Crippen LogP contribution in [0, 0.1) is 0 Å². The number of hydrogen-bond donors (Lipinski definition) is 0. The van der Waals surface area contributed by atoms with E-state index in [1.54, 1.807) is 19.4 Å². The monoisotopic (exact) mass is 236 g/mol. The van der Waals surface area contributed by atoms with Crippen LogP contribution in [0.15, 0.2) is 29.4 Å². The van der Waals surface area contributed by atoms with Crippen LogP contribution in [-0.4, -0.2) is 27.2 Å². The van der Waals surface area contributed by atoms with E-state index < -0.39 is 0 Å². The highest BCUT2D eigenvalue weighted by atomic mass is 32.2. The number of likely N-dealkylation sites (N-methyl/N-ethyl adjacent to an activating group) is 1. The zero-order chi connectivity index (χ0) is 10.8. The molecular weight excluding hydrogens is 228 g/mol. The number of carbonyl (C=O) groups is 1. The molecule has 76 valence electrons. The van der Waals surface area contributed by atoms with E-state index in [0.717, 1.165) is 5.56 Å². The molecule has 1 saturated heterocycles. The van der Waals surface area contributed by atoms with Crippen molar-refractivity contribution in [3.63, 3.8) is 0 Å². The third-order valence-electron chi connectivity index (χ3n) is 1.99. The summed E-state index contributed by atoms with van der Waals surface area (Å²) >= 11 is 6.35. The molecule has 0 aromatic carbocycles. The molecule has 0 aliphatic carbocycles. The lowest BCUT2D eigenvalue weighted by Gasteiger charge is -2.03. The molecular formula is C10H8N2OS2. The van der Waals surface area contributed by atoms with Crippen LogP contribution in [0.4, 0.5) is 0 Å². The van der Waals surface area contributed by atoms with Crippen LogP contribution in [0.25, 0.3) is 6.08 Å². The standard InChI is InChI=1S/C10H8N2OS2/c1-12-9(13)8(15-10(12)14)6-7-2-4-11-5-3-7/h2-6H,1H3/b8-6-. The molecule has 0 bridgehead atoms. The molecule has 0 radical (unpaired) electrons. The summed E-state index contributed by atoms with van der Waals surface area (Å²) < 4.78 is 0.598. The molecule has 0 N–H and O–H groups in total. The van der Waals surface area contributed by atoms with E-state index >= 15 is 0 Å². The van der Waals surface area contributed by atoms with Gasteiger partial charge >= 0.3 is 0 Å². The van der Waals surface area contributed by atoms with Gasteiger partial charge in [-0.3, -0.25) is 14.7 Å². The molecule has 2 rings (SSSR count). The first kappa shape index (κ1) is 10.3. The van der Waals surface area contributed by atoms with Crippen molar-refractivity contribution < 1.29 is 4.79 Å². The molecule has 5 heteroatoms. The van der Waals surface area contributed by atoms with Gasteiger partial charge in [-0.1, -0.05) is 24.0 Å². The van der Waals surface area contributed by atoms with Gasteiger partial charge in [-0.15, -0.1) is 0 Å². The quantitative estimate of drug-likeness (QED) is 0.551. The Morgan fingerprint density at radius 3 is 2.67 bits per heavy atom. The highest BCUT2D eigenvalue weighted by molar-refractivity contribution is 8.26. The van der Waals surface area contributed by atoms with Crippen LogP contribution in [0.1, 0.15) is 5.56 Å². The van der Waals surface area contributed by atoms with E-state index in [-0.39, 0.29) is 5.91 Å². The third kappa shape index (κ3) is 2.08. The number of thiocarbonyl (C=S) groups is 1. The zero-order valence-electron chi connectivity index (χ0n) is 8.01. The molecule has 3 nitrogen and oxygen atoms in total. The molecule has 0 spiro atoms. The van der Waals surface area contributed by atoms with Crippen molar-refractivity contribution in [1.82, 2.24) is 9.88 Å². The maximum atomic E-state index is 11.7. The maximum absolute atomic E-state index is 11.7. The van der Waals surface area contributed by atoms with E-state index in [1.807, 2.05) is 18.2 Å². The maximum Gasteiger partial charge on any atom is 0.265 e. The van der Waals surface area contributed by atoms with Gasteiger partial charge in [-0.05, 0) is 23.8 Å². The molecule has 1 fully saturated rings. The largest absolute Gasteiger partial charge is 0.296 e. The Morgan fingerprint density at radius 1 is 1.47 bits per heavy atom. The number of nitrogens with zero attached hydrogens (tertiary/aromatic N) is 2. The van der Waals surface area contributed by atoms with Crippen molar-refractivity contribution in [2.75, 3.05) is 7.05 Å². The van der Waals surface area contributed by atoms with Crippen LogP contribution in [0.5, 0.6) is 0 Å². The number of hydrogen-bond acceptors (Lipinski definition) is 4. The van der Waals surface area contributed by atoms with Crippen molar-refractivity contribution in [2.24, 2.45) is 0 Å². The van der Waals surface area contributed by atoms with Crippen molar-refractivity contribution in [3.8, 4) is 0 Å². The minimum atomic E-state index is -0.0400. The Morgan fingerprint density at radius 2 is 2.13 bits per heavy atom. The van der Waals surface area contributed by atoms with Gasteiger partial charge in [0.05, 0.1) is 4.91 Å². The molecule has 1 aliphatic rings. The van der Waals surface area contributed by atoms with Crippen LogP contribution < -0.4 is 0 Å². The van der Waals surface area contributed by atoms with Crippen molar-refractivity contribution in [3.05, 3.63) is 35.0 Å². The van der Waals surface area contributed by atoms with Gasteiger partial charge < -0.3 is 0 Å². The number of aromatic nitrogens is 1. The second-order valence-corrected chi connectivity index (χ2v) is 4.70. The Balaban J connectivity index is 2.30. The lowest BCUT2D eigenvalue weighted by atomic mass is 10.2. The van der Waals surface area contributed by atoms with Gasteiger partial charge in [0.25, 0.3) is 5.91 Å². The summed E-state index contributed by atoms with van der Waals surface area (Å²) in [6, 6.07) is 3.70. The lowest BCUT2D eigenvalue weighted by molar-refractivity contribution is -0.121. The predicted octanol–water partition coefficient (Wildman–Crippen LogP) is 1.91. The van der Waals surface area contributed by atoms with Crippen molar-refractivity contribution >= 4 is 40.3 Å². The first-order chi connectivity index (χ1) is 7.18. The van der Waals surface area contributed by atoms with Crippen LogP contribution in [0.3, 0.4) is 0 Å². The van der Waals surface area contributed by atoms with E-state index in [0.29, 0.717) is 9.23 Å². The van der Waals surface area contributed by atoms with Gasteiger partial charge in [-0.25, -0.2) is 0 Å². The average molecular weight is 236 g/mol. The number of rotatable bonds is 1. The summed E-state index contributed by atoms with van der Waals surface area (Å²) in [6.07, 6.45) is 5.21. The highest BCUT2D eigenvalue weighted by Gasteiger charge is 2.28. The van der Waals surface area contributed by atoms with E-state index in [9.17, 15) is 4.79 Å². The highest BCUT2D eigenvalue weighted by Crippen LogP contribution is 2.30. The number of carbonyl (C=O) groups excluding carboxylic acids is 1. The number of amides is 1. The summed E-state index contributed by atoms with van der Waals surface area (Å²) in [5, 5.41) is 0. The first-order valence-corrected chi connectivity index (χ1v) is 5.52. The number of pyridine rings is 1. The molecule has 1 aromatic rings. The first-order valence-electron chi connectivity index (χ1n) is 4.30. The van der Waals surface area contributed by atoms with Gasteiger partial charge in [0, 0.05) is 19.4 Å². The summed E-state index contributed by atoms with van der Waals surface area (Å²) in [5.41, 5.74) is 0.957. The SMILES string of the molecule is CN1C(=O)/C(=C/c2ccncc2)SC1=S. The minimum absolute atomic E-state index is 0.0400. The Kier molecular flexibility index (Phi) is 2.83. The summed E-state index contributed by atoms with van der Waals surface area (Å²) in [4.78, 5) is 17.7. The second kappa shape index (κ2) is 4.12. The van der Waals surface area contributed by atoms with Crippen LogP contribution in [-0.2, 0) is 4.79 Å². The molecule has 0 atom stereocenters. The molecule has 1 aliphatic heterocycles. The normalized spacial score (nSPS) is 19.0. The molecule has 2 heterocycles. The fraction of sp³-hybridized carbons (Fsp3) is 0.100. The molecule has 15 heavy (non-hydrogen) atoms. The Labute approximate surface area is 97.2 Å². The van der Waals surface area contributed by atoms with Gasteiger partial charge in [0.1, 0.15) is 4.32 Å². The fourth-order valence-corrected chi connectivity index (χ4v) is 2.34. The summed E-state index contributed by atoms with van der Waals surface area (Å²) in [7, 11) is 1.69. The smallest absolute Gasteiger partial charge is 0.265 e. The Bertz CT molecular complexity index is 442. The average Bonchev–Trinajstić information content (AvgIpc) is 2.48. The Hall–Kier alpha value is -1.20. The van der Waals surface area contributed by atoms with Crippen LogP contribution in [0.2, 0.25) is 0 Å². The van der Waals surface area contributed by atoms with Gasteiger partial charge in [0.15, 0.2) is 0 Å². The second-order valence-electron chi connectivity index (χ2n) is 3.02. The van der Waals surface area contributed by atoms with Crippen molar-refractivity contribution in [1.29, 1.82) is 0 Å². The van der Waals surface area contributed by atoms with Crippen molar-refractivity contribution in [2.45, 2.75) is 0 Å². The summed E-state index contributed by atoms with van der Waals surface area (Å²) in [6.45, 7) is 0.